The zero-order valence-electron chi connectivity index (χ0n) is 13.3. The zero-order chi connectivity index (χ0) is 15.2. The largest absolute Gasteiger partial charge is 0.497 e. The molecule has 0 bridgehead atoms. The van der Waals surface area contributed by atoms with Crippen LogP contribution in [-0.4, -0.2) is 19.0 Å². The highest BCUT2D eigenvalue weighted by molar-refractivity contribution is 9.09. The summed E-state index contributed by atoms with van der Waals surface area (Å²) in [5.41, 5.74) is 1.21. The van der Waals surface area contributed by atoms with Gasteiger partial charge in [0.1, 0.15) is 5.75 Å². The normalized spacial score (nSPS) is 10.8. The minimum atomic E-state index is 0.705. The maximum atomic E-state index is 5.71. The van der Waals surface area contributed by atoms with Crippen molar-refractivity contribution in [2.75, 3.05) is 19.0 Å². The lowest BCUT2D eigenvalue weighted by Crippen LogP contribution is -1.96. The average molecular weight is 357 g/mol. The monoisotopic (exact) mass is 356 g/mol. The molecule has 0 saturated carbocycles. The summed E-state index contributed by atoms with van der Waals surface area (Å²) in [6, 6.07) is 8.08. The van der Waals surface area contributed by atoms with Crippen molar-refractivity contribution in [2.45, 2.75) is 58.0 Å². The van der Waals surface area contributed by atoms with Crippen LogP contribution in [0.3, 0.4) is 0 Å². The number of benzene rings is 1. The highest BCUT2D eigenvalue weighted by Gasteiger charge is 1.96. The lowest BCUT2D eigenvalue weighted by Gasteiger charge is -2.06. The van der Waals surface area contributed by atoms with Crippen LogP contribution in [0.1, 0.15) is 56.9 Å². The van der Waals surface area contributed by atoms with Gasteiger partial charge >= 0.3 is 0 Å². The first kappa shape index (κ1) is 18.5. The zero-order valence-corrected chi connectivity index (χ0v) is 14.9. The molecule has 0 aliphatic carbocycles. The Bertz CT molecular complexity index is 338. The molecule has 0 fully saturated rings. The van der Waals surface area contributed by atoms with E-state index >= 15 is 0 Å². The topological polar surface area (TPSA) is 18.5 Å². The average Bonchev–Trinajstić information content (AvgIpc) is 2.53. The van der Waals surface area contributed by atoms with E-state index in [1.54, 1.807) is 7.11 Å². The Morgan fingerprint density at radius 3 is 1.95 bits per heavy atom. The number of ether oxygens (including phenoxy) is 2. The third-order valence-corrected chi connectivity index (χ3v) is 4.16. The first-order chi connectivity index (χ1) is 10.4. The molecule has 0 aliphatic rings. The van der Waals surface area contributed by atoms with Gasteiger partial charge in [-0.1, -0.05) is 66.6 Å². The van der Waals surface area contributed by atoms with Gasteiger partial charge in [0.15, 0.2) is 0 Å². The second-order valence-electron chi connectivity index (χ2n) is 5.42. The number of rotatable bonds is 13. The number of hydrogen-bond donors (Lipinski definition) is 0. The van der Waals surface area contributed by atoms with Gasteiger partial charge in [-0.05, 0) is 30.5 Å². The Balaban J connectivity index is 1.88. The summed E-state index contributed by atoms with van der Waals surface area (Å²) in [6.45, 7) is 1.58. The van der Waals surface area contributed by atoms with Crippen molar-refractivity contribution in [1.82, 2.24) is 0 Å². The molecule has 120 valence electrons. The third-order valence-electron chi connectivity index (χ3n) is 3.60. The molecule has 0 aliphatic heterocycles. The first-order valence-corrected chi connectivity index (χ1v) is 9.25. The van der Waals surface area contributed by atoms with Crippen molar-refractivity contribution < 1.29 is 9.47 Å². The lowest BCUT2D eigenvalue weighted by atomic mass is 10.1. The van der Waals surface area contributed by atoms with E-state index in [0.717, 1.165) is 17.7 Å². The molecular formula is C18H29BrO2. The van der Waals surface area contributed by atoms with Crippen LogP contribution in [0.2, 0.25) is 0 Å². The number of hydrogen-bond acceptors (Lipinski definition) is 2. The van der Waals surface area contributed by atoms with Gasteiger partial charge in [-0.2, -0.15) is 0 Å². The summed E-state index contributed by atoms with van der Waals surface area (Å²) >= 11 is 3.47. The summed E-state index contributed by atoms with van der Waals surface area (Å²) in [4.78, 5) is 0. The Morgan fingerprint density at radius 1 is 0.810 bits per heavy atom. The fourth-order valence-corrected chi connectivity index (χ4v) is 2.67. The summed E-state index contributed by atoms with van der Waals surface area (Å²) < 4.78 is 10.8. The first-order valence-electron chi connectivity index (χ1n) is 8.13. The third kappa shape index (κ3) is 9.92. The standard InChI is InChI=1S/C18H29BrO2/c1-20-18-12-10-17(11-13-18)16-21-15-9-7-5-3-2-4-6-8-14-19/h10-13H,2-9,14-16H2,1H3. The second-order valence-corrected chi connectivity index (χ2v) is 6.21. The number of alkyl halides is 1. The van der Waals surface area contributed by atoms with Crippen molar-refractivity contribution in [2.24, 2.45) is 0 Å². The maximum Gasteiger partial charge on any atom is 0.118 e. The molecule has 0 saturated heterocycles. The van der Waals surface area contributed by atoms with Crippen molar-refractivity contribution in [3.8, 4) is 5.75 Å². The summed E-state index contributed by atoms with van der Waals surface area (Å²) in [5, 5.41) is 1.15. The lowest BCUT2D eigenvalue weighted by molar-refractivity contribution is 0.116. The molecule has 0 heterocycles. The molecule has 0 N–H and O–H groups in total. The van der Waals surface area contributed by atoms with Crippen molar-refractivity contribution in [3.63, 3.8) is 0 Å². The highest BCUT2D eigenvalue weighted by atomic mass is 79.9. The van der Waals surface area contributed by atoms with E-state index in [0.29, 0.717) is 6.61 Å². The minimum absolute atomic E-state index is 0.705. The number of unbranched alkanes of at least 4 members (excludes halogenated alkanes) is 7. The van der Waals surface area contributed by atoms with Crippen LogP contribution in [-0.2, 0) is 11.3 Å². The van der Waals surface area contributed by atoms with E-state index in [1.807, 2.05) is 12.1 Å². The molecule has 1 aromatic carbocycles. The van der Waals surface area contributed by atoms with Gasteiger partial charge in [0.2, 0.25) is 0 Å². The van der Waals surface area contributed by atoms with Gasteiger partial charge in [-0.15, -0.1) is 0 Å². The predicted molar refractivity (Wildman–Crippen MR) is 93.4 cm³/mol. The fourth-order valence-electron chi connectivity index (χ4n) is 2.27. The van der Waals surface area contributed by atoms with Gasteiger partial charge in [-0.25, -0.2) is 0 Å². The van der Waals surface area contributed by atoms with Crippen molar-refractivity contribution in [3.05, 3.63) is 29.8 Å². The summed E-state index contributed by atoms with van der Waals surface area (Å²) in [6.07, 6.45) is 10.7. The van der Waals surface area contributed by atoms with Gasteiger partial charge in [0.05, 0.1) is 13.7 Å². The quantitative estimate of drug-likeness (QED) is 0.332. The molecule has 0 amide bonds. The van der Waals surface area contributed by atoms with E-state index in [1.165, 1.54) is 56.9 Å². The highest BCUT2D eigenvalue weighted by Crippen LogP contribution is 2.12. The second kappa shape index (κ2) is 13.1. The molecule has 0 unspecified atom stereocenters. The number of halogens is 1. The van der Waals surface area contributed by atoms with Crippen LogP contribution < -0.4 is 4.74 Å². The maximum absolute atomic E-state index is 5.71. The molecule has 0 spiro atoms. The molecule has 21 heavy (non-hydrogen) atoms. The molecular weight excluding hydrogens is 328 g/mol. The summed E-state index contributed by atoms with van der Waals surface area (Å²) in [5.74, 6) is 0.898. The van der Waals surface area contributed by atoms with E-state index in [9.17, 15) is 0 Å². The molecule has 1 aromatic rings. The Labute approximate surface area is 138 Å². The Morgan fingerprint density at radius 2 is 1.38 bits per heavy atom. The predicted octanol–water partition coefficient (Wildman–Crippen LogP) is 5.73. The van der Waals surface area contributed by atoms with Crippen molar-refractivity contribution >= 4 is 15.9 Å². The minimum Gasteiger partial charge on any atom is -0.497 e. The number of methoxy groups -OCH3 is 1. The van der Waals surface area contributed by atoms with Crippen LogP contribution in [0.5, 0.6) is 5.75 Å². The fraction of sp³-hybridized carbons (Fsp3) is 0.667. The molecule has 2 nitrogen and oxygen atoms in total. The van der Waals surface area contributed by atoms with Gasteiger partial charge < -0.3 is 9.47 Å². The van der Waals surface area contributed by atoms with E-state index in [4.69, 9.17) is 9.47 Å². The smallest absolute Gasteiger partial charge is 0.118 e. The van der Waals surface area contributed by atoms with E-state index < -0.39 is 0 Å². The van der Waals surface area contributed by atoms with Crippen LogP contribution in [0.25, 0.3) is 0 Å². The van der Waals surface area contributed by atoms with Gasteiger partial charge in [-0.3, -0.25) is 0 Å². The van der Waals surface area contributed by atoms with Gasteiger partial charge in [0, 0.05) is 11.9 Å². The summed E-state index contributed by atoms with van der Waals surface area (Å²) in [7, 11) is 1.69. The van der Waals surface area contributed by atoms with E-state index in [-0.39, 0.29) is 0 Å². The van der Waals surface area contributed by atoms with Crippen LogP contribution >= 0.6 is 15.9 Å². The van der Waals surface area contributed by atoms with E-state index in [2.05, 4.69) is 28.1 Å². The molecule has 0 aromatic heterocycles. The van der Waals surface area contributed by atoms with Crippen LogP contribution in [0.15, 0.2) is 24.3 Å². The van der Waals surface area contributed by atoms with Gasteiger partial charge in [0.25, 0.3) is 0 Å². The molecule has 1 rings (SSSR count). The SMILES string of the molecule is COc1ccc(COCCCCCCCCCCBr)cc1. The Hall–Kier alpha value is -0.540. The molecule has 3 heteroatoms. The van der Waals surface area contributed by atoms with Crippen LogP contribution in [0.4, 0.5) is 0 Å². The van der Waals surface area contributed by atoms with Crippen molar-refractivity contribution in [1.29, 1.82) is 0 Å². The molecule has 0 atom stereocenters. The molecule has 0 radical (unpaired) electrons. The van der Waals surface area contributed by atoms with Crippen LogP contribution in [0, 0.1) is 0 Å². The Kier molecular flexibility index (Phi) is 11.6.